The Morgan fingerprint density at radius 1 is 0.426 bits per heavy atom. The highest BCUT2D eigenvalue weighted by Crippen LogP contribution is 2.53. The number of hydrogen-bond donors (Lipinski definition) is 0. The van der Waals surface area contributed by atoms with Crippen LogP contribution >= 0.6 is 11.3 Å². The van der Waals surface area contributed by atoms with E-state index in [1.54, 1.807) is 11.3 Å². The van der Waals surface area contributed by atoms with E-state index in [2.05, 4.69) is 170 Å². The molecule has 0 unspecified atom stereocenters. The fourth-order valence-corrected chi connectivity index (χ4v) is 10.3. The standard InChI is InChI=1S/C55H37N5S/c1-55(2)45-33-40(23-26-41(45)42-27-30-48-50(49(42)55)56-53(61-48)37-21-13-6-14-22-37)39-25-29-47-44(32-39)43-31-38(34-15-7-3-8-16-34)24-28-46(43)60(47)54-58-51(35-17-9-4-10-18-35)57-52(59-54)36-19-11-5-12-20-36/h3-33H,1-2H3. The van der Waals surface area contributed by atoms with E-state index in [0.29, 0.717) is 17.6 Å². The molecule has 6 heteroatoms. The maximum atomic E-state index is 5.28. The van der Waals surface area contributed by atoms with E-state index in [1.165, 1.54) is 38.1 Å². The molecule has 0 amide bonds. The molecule has 0 N–H and O–H groups in total. The molecule has 0 atom stereocenters. The third kappa shape index (κ3) is 5.75. The van der Waals surface area contributed by atoms with Crippen molar-refractivity contribution in [2.45, 2.75) is 19.3 Å². The van der Waals surface area contributed by atoms with E-state index in [9.17, 15) is 0 Å². The predicted octanol–water partition coefficient (Wildman–Crippen LogP) is 14.2. The van der Waals surface area contributed by atoms with Crippen LogP contribution in [0.3, 0.4) is 0 Å². The summed E-state index contributed by atoms with van der Waals surface area (Å²) >= 11 is 1.77. The van der Waals surface area contributed by atoms with Gasteiger partial charge in [0.15, 0.2) is 11.6 Å². The molecular weight excluding hydrogens is 763 g/mol. The van der Waals surface area contributed by atoms with Crippen LogP contribution in [0.1, 0.15) is 25.0 Å². The average molecular weight is 800 g/mol. The molecule has 1 aliphatic carbocycles. The van der Waals surface area contributed by atoms with Gasteiger partial charge >= 0.3 is 0 Å². The third-order valence-corrected chi connectivity index (χ3v) is 13.4. The number of hydrogen-bond acceptors (Lipinski definition) is 5. The first-order valence-corrected chi connectivity index (χ1v) is 21.5. The van der Waals surface area contributed by atoms with E-state index in [4.69, 9.17) is 19.9 Å². The van der Waals surface area contributed by atoms with Gasteiger partial charge in [-0.05, 0) is 80.9 Å². The SMILES string of the molecule is CC1(C)c2cc(-c3ccc4c(c3)c3cc(-c5ccccc5)ccc3n4-c3nc(-c4ccccc4)nc(-c4ccccc4)n3)ccc2-c2ccc3sc(-c4ccccc4)nc3c21. The third-order valence-electron chi connectivity index (χ3n) is 12.3. The fraction of sp³-hybridized carbons (Fsp3) is 0.0545. The first kappa shape index (κ1) is 35.4. The molecule has 0 radical (unpaired) electrons. The lowest BCUT2D eigenvalue weighted by atomic mass is 9.81. The molecule has 3 heterocycles. The van der Waals surface area contributed by atoms with Crippen molar-refractivity contribution in [3.8, 4) is 72.7 Å². The largest absolute Gasteiger partial charge is 0.278 e. The van der Waals surface area contributed by atoms with Gasteiger partial charge in [0.2, 0.25) is 5.95 Å². The molecule has 0 bridgehead atoms. The molecule has 0 aliphatic heterocycles. The van der Waals surface area contributed by atoms with Gasteiger partial charge in [-0.25, -0.2) is 9.97 Å². The Morgan fingerprint density at radius 3 is 1.51 bits per heavy atom. The van der Waals surface area contributed by atoms with Gasteiger partial charge in [0.25, 0.3) is 0 Å². The van der Waals surface area contributed by atoms with Crippen molar-refractivity contribution in [2.75, 3.05) is 0 Å². The Labute approximate surface area is 357 Å². The van der Waals surface area contributed by atoms with E-state index in [0.717, 1.165) is 60.1 Å². The maximum absolute atomic E-state index is 5.28. The number of fused-ring (bicyclic) bond motifs is 8. The number of thiazole rings is 1. The minimum Gasteiger partial charge on any atom is -0.278 e. The van der Waals surface area contributed by atoms with Crippen molar-refractivity contribution >= 4 is 43.4 Å². The molecule has 0 saturated heterocycles. The lowest BCUT2D eigenvalue weighted by Gasteiger charge is -2.22. The maximum Gasteiger partial charge on any atom is 0.238 e. The highest BCUT2D eigenvalue weighted by molar-refractivity contribution is 7.21. The molecule has 288 valence electrons. The summed E-state index contributed by atoms with van der Waals surface area (Å²) in [7, 11) is 0. The van der Waals surface area contributed by atoms with Crippen LogP contribution in [-0.4, -0.2) is 24.5 Å². The summed E-state index contributed by atoms with van der Waals surface area (Å²) in [6.45, 7) is 4.71. The molecule has 0 saturated carbocycles. The molecule has 5 nitrogen and oxygen atoms in total. The molecule has 12 rings (SSSR count). The van der Waals surface area contributed by atoms with E-state index >= 15 is 0 Å². The molecule has 0 spiro atoms. The number of nitrogens with zero attached hydrogens (tertiary/aromatic N) is 5. The van der Waals surface area contributed by atoms with Crippen LogP contribution in [0.25, 0.3) is 105 Å². The van der Waals surface area contributed by atoms with Crippen molar-refractivity contribution in [3.05, 3.63) is 199 Å². The van der Waals surface area contributed by atoms with Crippen LogP contribution in [-0.2, 0) is 5.41 Å². The molecule has 3 aromatic heterocycles. The topological polar surface area (TPSA) is 56.5 Å². The van der Waals surface area contributed by atoms with Crippen molar-refractivity contribution in [2.24, 2.45) is 0 Å². The lowest BCUT2D eigenvalue weighted by Crippen LogP contribution is -2.15. The summed E-state index contributed by atoms with van der Waals surface area (Å²) in [4.78, 5) is 20.6. The summed E-state index contributed by atoms with van der Waals surface area (Å²) in [5, 5.41) is 3.33. The second-order valence-electron chi connectivity index (χ2n) is 16.3. The first-order valence-electron chi connectivity index (χ1n) is 20.6. The van der Waals surface area contributed by atoms with Crippen LogP contribution in [0.2, 0.25) is 0 Å². The highest BCUT2D eigenvalue weighted by atomic mass is 32.1. The Balaban J connectivity index is 1.03. The van der Waals surface area contributed by atoms with Crippen LogP contribution in [0.4, 0.5) is 0 Å². The van der Waals surface area contributed by atoms with Gasteiger partial charge < -0.3 is 0 Å². The van der Waals surface area contributed by atoms with Crippen molar-refractivity contribution in [1.82, 2.24) is 24.5 Å². The zero-order chi connectivity index (χ0) is 40.7. The zero-order valence-corrected chi connectivity index (χ0v) is 34.4. The predicted molar refractivity (Wildman–Crippen MR) is 252 cm³/mol. The van der Waals surface area contributed by atoms with Crippen LogP contribution < -0.4 is 0 Å². The molecule has 61 heavy (non-hydrogen) atoms. The minimum absolute atomic E-state index is 0.238. The van der Waals surface area contributed by atoms with Gasteiger partial charge in [-0.2, -0.15) is 9.97 Å². The summed E-state index contributed by atoms with van der Waals surface area (Å²) in [5.41, 5.74) is 15.8. The van der Waals surface area contributed by atoms with E-state index in [-0.39, 0.29) is 5.41 Å². The number of benzene rings is 8. The van der Waals surface area contributed by atoms with Gasteiger partial charge in [0.05, 0.1) is 21.3 Å². The summed E-state index contributed by atoms with van der Waals surface area (Å²) in [6, 6.07) is 66.6. The quantitative estimate of drug-likeness (QED) is 0.168. The Hall–Kier alpha value is -7.54. The monoisotopic (exact) mass is 799 g/mol. The minimum atomic E-state index is -0.238. The van der Waals surface area contributed by atoms with Crippen LogP contribution in [0.15, 0.2) is 188 Å². The highest BCUT2D eigenvalue weighted by Gasteiger charge is 2.38. The normalized spacial score (nSPS) is 12.9. The van der Waals surface area contributed by atoms with Crippen LogP contribution in [0, 0.1) is 0 Å². The Bertz CT molecular complexity index is 3420. The Kier molecular flexibility index (Phi) is 7.99. The smallest absolute Gasteiger partial charge is 0.238 e. The first-order chi connectivity index (χ1) is 30.0. The summed E-state index contributed by atoms with van der Waals surface area (Å²) in [6.07, 6.45) is 0. The second kappa shape index (κ2) is 13.8. The van der Waals surface area contributed by atoms with Gasteiger partial charge in [-0.1, -0.05) is 166 Å². The number of rotatable bonds is 6. The zero-order valence-electron chi connectivity index (χ0n) is 33.5. The molecule has 1 aliphatic rings. The molecule has 0 fully saturated rings. The van der Waals surface area contributed by atoms with Gasteiger partial charge in [0.1, 0.15) is 5.01 Å². The summed E-state index contributed by atoms with van der Waals surface area (Å²) < 4.78 is 3.43. The second-order valence-corrected chi connectivity index (χ2v) is 17.3. The average Bonchev–Trinajstić information content (AvgIpc) is 3.97. The lowest BCUT2D eigenvalue weighted by molar-refractivity contribution is 0.665. The van der Waals surface area contributed by atoms with Gasteiger partial charge in [-0.3, -0.25) is 4.57 Å². The van der Waals surface area contributed by atoms with Crippen molar-refractivity contribution in [3.63, 3.8) is 0 Å². The van der Waals surface area contributed by atoms with E-state index in [1.807, 2.05) is 36.4 Å². The van der Waals surface area contributed by atoms with Gasteiger partial charge in [-0.15, -0.1) is 11.3 Å². The molecule has 8 aromatic carbocycles. The molecular formula is C55H37N5S. The van der Waals surface area contributed by atoms with Crippen LogP contribution in [0.5, 0.6) is 0 Å². The van der Waals surface area contributed by atoms with E-state index < -0.39 is 0 Å². The fourth-order valence-electron chi connectivity index (χ4n) is 9.29. The number of aromatic nitrogens is 5. The Morgan fingerprint density at radius 2 is 0.918 bits per heavy atom. The molecule has 11 aromatic rings. The van der Waals surface area contributed by atoms with Gasteiger partial charge in [0, 0.05) is 32.9 Å². The van der Waals surface area contributed by atoms with Crippen molar-refractivity contribution in [1.29, 1.82) is 0 Å². The summed E-state index contributed by atoms with van der Waals surface area (Å²) in [5.74, 6) is 1.84. The van der Waals surface area contributed by atoms with Crippen molar-refractivity contribution < 1.29 is 0 Å².